The summed E-state index contributed by atoms with van der Waals surface area (Å²) in [5.74, 6) is 1.29. The predicted octanol–water partition coefficient (Wildman–Crippen LogP) is 4.28. The van der Waals surface area contributed by atoms with Crippen LogP contribution in [0.4, 0.5) is 0 Å². The Labute approximate surface area is 182 Å². The molecule has 3 aromatic rings. The van der Waals surface area contributed by atoms with Crippen LogP contribution in [0, 0.1) is 0 Å². The van der Waals surface area contributed by atoms with Crippen LogP contribution >= 0.6 is 11.8 Å². The molecule has 164 valence electrons. The third kappa shape index (κ3) is 4.40. The number of aryl methyl sites for hydroxylation is 2. The number of rotatable bonds is 10. The zero-order valence-corrected chi connectivity index (χ0v) is 19.8. The summed E-state index contributed by atoms with van der Waals surface area (Å²) >= 11 is 1.53. The highest BCUT2D eigenvalue weighted by Gasteiger charge is 2.24. The van der Waals surface area contributed by atoms with Gasteiger partial charge in [0.05, 0.1) is 21.2 Å². The average molecular weight is 452 g/mol. The number of sulfonamides is 1. The lowest BCUT2D eigenvalue weighted by atomic mass is 10.3. The van der Waals surface area contributed by atoms with Crippen LogP contribution in [0.25, 0.3) is 11.0 Å². The molecule has 0 saturated carbocycles. The molecule has 0 spiro atoms. The van der Waals surface area contributed by atoms with Crippen molar-refractivity contribution in [2.24, 2.45) is 0 Å². The maximum Gasteiger partial charge on any atom is 0.243 e. The molecule has 0 aliphatic heterocycles. The van der Waals surface area contributed by atoms with E-state index in [1.165, 1.54) is 16.1 Å². The second-order valence-corrected chi connectivity index (χ2v) is 10.2. The van der Waals surface area contributed by atoms with Crippen molar-refractivity contribution in [1.82, 2.24) is 24.0 Å². The van der Waals surface area contributed by atoms with Crippen LogP contribution in [0.15, 0.2) is 32.8 Å². The van der Waals surface area contributed by atoms with Crippen LogP contribution in [0.5, 0.6) is 0 Å². The normalized spacial score (nSPS) is 13.4. The lowest BCUT2D eigenvalue weighted by molar-refractivity contribution is 0.374. The molecule has 1 aromatic carbocycles. The number of hydrogen-bond acceptors (Lipinski definition) is 7. The summed E-state index contributed by atoms with van der Waals surface area (Å²) in [6, 6.07) is 5.16. The molecule has 0 amide bonds. The molecule has 0 aliphatic rings. The third-order valence-electron chi connectivity index (χ3n) is 4.93. The summed E-state index contributed by atoms with van der Waals surface area (Å²) in [5.41, 5.74) is 1.57. The van der Waals surface area contributed by atoms with Crippen molar-refractivity contribution in [2.45, 2.75) is 69.3 Å². The molecular formula is C20H29N5O3S2. The van der Waals surface area contributed by atoms with Crippen molar-refractivity contribution in [3.8, 4) is 0 Å². The molecule has 2 aromatic heterocycles. The summed E-state index contributed by atoms with van der Waals surface area (Å²) in [7, 11) is -3.53. The van der Waals surface area contributed by atoms with Crippen LogP contribution in [0.1, 0.15) is 58.0 Å². The summed E-state index contributed by atoms with van der Waals surface area (Å²) in [4.78, 5) is 9.47. The fraction of sp³-hybridized carbons (Fsp3) is 0.550. The van der Waals surface area contributed by atoms with Gasteiger partial charge >= 0.3 is 0 Å². The predicted molar refractivity (Wildman–Crippen MR) is 118 cm³/mol. The van der Waals surface area contributed by atoms with Gasteiger partial charge in [-0.25, -0.2) is 13.4 Å². The SMILES string of the molecule is CCCc1noc([C@H](C)Sc2nc3cc(S(=O)(=O)N(CC)CC)ccc3n2CC)n1. The maximum atomic E-state index is 12.9. The van der Waals surface area contributed by atoms with Gasteiger partial charge in [0.1, 0.15) is 0 Å². The average Bonchev–Trinajstić information content (AvgIpc) is 3.32. The van der Waals surface area contributed by atoms with Gasteiger partial charge in [-0.2, -0.15) is 9.29 Å². The smallest absolute Gasteiger partial charge is 0.243 e. The molecule has 0 saturated heterocycles. The van der Waals surface area contributed by atoms with Crippen LogP contribution in [-0.4, -0.2) is 45.5 Å². The Balaban J connectivity index is 1.93. The van der Waals surface area contributed by atoms with Crippen molar-refractivity contribution >= 4 is 32.8 Å². The first-order chi connectivity index (χ1) is 14.3. The van der Waals surface area contributed by atoms with Crippen LogP contribution < -0.4 is 0 Å². The molecule has 30 heavy (non-hydrogen) atoms. The van der Waals surface area contributed by atoms with Crippen molar-refractivity contribution < 1.29 is 12.9 Å². The van der Waals surface area contributed by atoms with E-state index in [1.54, 1.807) is 12.1 Å². The number of fused-ring (bicyclic) bond motifs is 1. The topological polar surface area (TPSA) is 94.1 Å². The van der Waals surface area contributed by atoms with Gasteiger partial charge in [0, 0.05) is 26.1 Å². The Kier molecular flexibility index (Phi) is 7.20. The highest BCUT2D eigenvalue weighted by atomic mass is 32.2. The Bertz CT molecular complexity index is 1100. The standard InChI is InChI=1S/C20H29N5O3S2/c1-6-10-18-22-19(28-23-18)14(5)29-20-21-16-13-15(11-12-17(16)25(20)9-4)30(26,27)24(7-2)8-3/h11-14H,6-10H2,1-5H3/t14-/m0/s1. The molecule has 8 nitrogen and oxygen atoms in total. The van der Waals surface area contributed by atoms with E-state index < -0.39 is 10.0 Å². The fourth-order valence-corrected chi connectivity index (χ4v) is 5.82. The van der Waals surface area contributed by atoms with E-state index in [9.17, 15) is 8.42 Å². The first-order valence-electron chi connectivity index (χ1n) is 10.3. The van der Waals surface area contributed by atoms with Crippen molar-refractivity contribution in [2.75, 3.05) is 13.1 Å². The molecule has 0 unspecified atom stereocenters. The van der Waals surface area contributed by atoms with E-state index in [4.69, 9.17) is 9.51 Å². The summed E-state index contributed by atoms with van der Waals surface area (Å²) in [5, 5.41) is 4.76. The molecule has 2 heterocycles. The molecule has 0 N–H and O–H groups in total. The van der Waals surface area contributed by atoms with Gasteiger partial charge in [0.15, 0.2) is 11.0 Å². The van der Waals surface area contributed by atoms with Gasteiger partial charge in [0.2, 0.25) is 15.9 Å². The minimum Gasteiger partial charge on any atom is -0.338 e. The van der Waals surface area contributed by atoms with Gasteiger partial charge in [0.25, 0.3) is 0 Å². The first-order valence-corrected chi connectivity index (χ1v) is 12.7. The van der Waals surface area contributed by atoms with E-state index in [0.29, 0.717) is 24.5 Å². The van der Waals surface area contributed by atoms with Crippen LogP contribution in [0.2, 0.25) is 0 Å². The van der Waals surface area contributed by atoms with Gasteiger partial charge in [-0.15, -0.1) is 0 Å². The second kappa shape index (κ2) is 9.49. The number of thioether (sulfide) groups is 1. The van der Waals surface area contributed by atoms with Gasteiger partial charge in [-0.1, -0.05) is 37.7 Å². The maximum absolute atomic E-state index is 12.9. The van der Waals surface area contributed by atoms with E-state index >= 15 is 0 Å². The first kappa shape index (κ1) is 22.8. The zero-order valence-electron chi connectivity index (χ0n) is 18.1. The molecule has 0 aliphatic carbocycles. The molecule has 0 radical (unpaired) electrons. The number of nitrogens with zero attached hydrogens (tertiary/aromatic N) is 5. The molecule has 0 fully saturated rings. The van der Waals surface area contributed by atoms with Crippen LogP contribution in [0.3, 0.4) is 0 Å². The summed E-state index contributed by atoms with van der Waals surface area (Å²) in [6.45, 7) is 11.4. The summed E-state index contributed by atoms with van der Waals surface area (Å²) < 4.78 is 34.7. The third-order valence-corrected chi connectivity index (χ3v) is 8.06. The Hall–Kier alpha value is -1.91. The number of imidazole rings is 1. The van der Waals surface area contributed by atoms with Gasteiger partial charge < -0.3 is 9.09 Å². The highest BCUT2D eigenvalue weighted by Crippen LogP contribution is 2.36. The van der Waals surface area contributed by atoms with Gasteiger partial charge in [-0.3, -0.25) is 0 Å². The van der Waals surface area contributed by atoms with Crippen molar-refractivity contribution in [3.05, 3.63) is 29.9 Å². The number of hydrogen-bond donors (Lipinski definition) is 0. The van der Waals surface area contributed by atoms with Crippen molar-refractivity contribution in [1.29, 1.82) is 0 Å². The largest absolute Gasteiger partial charge is 0.338 e. The van der Waals surface area contributed by atoms with E-state index in [0.717, 1.165) is 35.9 Å². The van der Waals surface area contributed by atoms with Crippen LogP contribution in [-0.2, 0) is 23.0 Å². The Morgan fingerprint density at radius 2 is 1.90 bits per heavy atom. The molecule has 10 heteroatoms. The fourth-order valence-electron chi connectivity index (χ4n) is 3.32. The van der Waals surface area contributed by atoms with Gasteiger partial charge in [-0.05, 0) is 38.5 Å². The molecule has 1 atom stereocenters. The van der Waals surface area contributed by atoms with Crippen molar-refractivity contribution in [3.63, 3.8) is 0 Å². The lowest BCUT2D eigenvalue weighted by Crippen LogP contribution is -2.30. The minimum absolute atomic E-state index is 0.0657. The Morgan fingerprint density at radius 1 is 1.17 bits per heavy atom. The van der Waals surface area contributed by atoms with E-state index in [1.807, 2.05) is 33.8 Å². The summed E-state index contributed by atoms with van der Waals surface area (Å²) in [6.07, 6.45) is 1.75. The zero-order chi connectivity index (χ0) is 21.9. The highest BCUT2D eigenvalue weighted by molar-refractivity contribution is 7.99. The second-order valence-electron chi connectivity index (χ2n) is 6.94. The van der Waals surface area contributed by atoms with E-state index in [2.05, 4.69) is 21.6 Å². The molecule has 0 bridgehead atoms. The molecular weight excluding hydrogens is 422 g/mol. The van der Waals surface area contributed by atoms with E-state index in [-0.39, 0.29) is 10.1 Å². The number of aromatic nitrogens is 4. The Morgan fingerprint density at radius 3 is 2.53 bits per heavy atom. The number of benzene rings is 1. The lowest BCUT2D eigenvalue weighted by Gasteiger charge is -2.18. The minimum atomic E-state index is -3.53. The molecule has 3 rings (SSSR count). The monoisotopic (exact) mass is 451 g/mol. The quantitative estimate of drug-likeness (QED) is 0.425.